The SMILES string of the molecule is COc1cc(C(=O)OCC(=O)Nc2ccc(Cl)cn2)ccc1OC(F)F. The lowest BCUT2D eigenvalue weighted by Crippen LogP contribution is -2.21. The van der Waals surface area contributed by atoms with E-state index in [1.165, 1.54) is 37.6 Å². The average molecular weight is 387 g/mol. The van der Waals surface area contributed by atoms with E-state index in [1.54, 1.807) is 0 Å². The number of aromatic nitrogens is 1. The van der Waals surface area contributed by atoms with Crippen molar-refractivity contribution in [3.05, 3.63) is 47.1 Å². The fourth-order valence-corrected chi connectivity index (χ4v) is 1.94. The van der Waals surface area contributed by atoms with Gasteiger partial charge in [-0.05, 0) is 30.3 Å². The van der Waals surface area contributed by atoms with Crippen molar-refractivity contribution in [2.24, 2.45) is 0 Å². The fourth-order valence-electron chi connectivity index (χ4n) is 1.83. The molecule has 0 atom stereocenters. The Kier molecular flexibility index (Phi) is 6.67. The Labute approximate surface area is 151 Å². The fraction of sp³-hybridized carbons (Fsp3) is 0.188. The van der Waals surface area contributed by atoms with E-state index >= 15 is 0 Å². The van der Waals surface area contributed by atoms with E-state index in [2.05, 4.69) is 15.0 Å². The van der Waals surface area contributed by atoms with E-state index in [1.807, 2.05) is 0 Å². The highest BCUT2D eigenvalue weighted by Gasteiger charge is 2.16. The minimum atomic E-state index is -3.04. The van der Waals surface area contributed by atoms with Crippen molar-refractivity contribution in [2.45, 2.75) is 6.61 Å². The van der Waals surface area contributed by atoms with Gasteiger partial charge in [-0.15, -0.1) is 0 Å². The molecule has 10 heteroatoms. The van der Waals surface area contributed by atoms with Crippen LogP contribution >= 0.6 is 11.6 Å². The molecule has 1 aromatic carbocycles. The van der Waals surface area contributed by atoms with Gasteiger partial charge in [-0.25, -0.2) is 9.78 Å². The Morgan fingerprint density at radius 2 is 2.00 bits per heavy atom. The Bertz CT molecular complexity index is 787. The topological polar surface area (TPSA) is 86.8 Å². The highest BCUT2D eigenvalue weighted by atomic mass is 35.5. The summed E-state index contributed by atoms with van der Waals surface area (Å²) in [5.74, 6) is -1.52. The van der Waals surface area contributed by atoms with E-state index in [0.29, 0.717) is 5.02 Å². The number of hydrogen-bond acceptors (Lipinski definition) is 6. The van der Waals surface area contributed by atoms with Gasteiger partial charge < -0.3 is 19.5 Å². The zero-order valence-electron chi connectivity index (χ0n) is 13.4. The van der Waals surface area contributed by atoms with Gasteiger partial charge in [-0.1, -0.05) is 11.6 Å². The zero-order valence-corrected chi connectivity index (χ0v) is 14.1. The molecule has 1 heterocycles. The monoisotopic (exact) mass is 386 g/mol. The summed E-state index contributed by atoms with van der Waals surface area (Å²) in [6.07, 6.45) is 1.35. The van der Waals surface area contributed by atoms with E-state index in [9.17, 15) is 18.4 Å². The molecule has 0 radical (unpaired) electrons. The predicted molar refractivity (Wildman–Crippen MR) is 87.8 cm³/mol. The highest BCUT2D eigenvalue weighted by Crippen LogP contribution is 2.29. The molecule has 0 aliphatic rings. The molecule has 1 N–H and O–H groups in total. The number of alkyl halides is 2. The summed E-state index contributed by atoms with van der Waals surface area (Å²) < 4.78 is 38.6. The number of hydrogen-bond donors (Lipinski definition) is 1. The van der Waals surface area contributed by atoms with Crippen molar-refractivity contribution < 1.29 is 32.6 Å². The number of ether oxygens (including phenoxy) is 3. The van der Waals surface area contributed by atoms with Gasteiger partial charge in [0, 0.05) is 6.20 Å². The van der Waals surface area contributed by atoms with Crippen LogP contribution in [-0.2, 0) is 9.53 Å². The largest absolute Gasteiger partial charge is 0.493 e. The van der Waals surface area contributed by atoms with Crippen LogP contribution in [0.1, 0.15) is 10.4 Å². The first-order chi connectivity index (χ1) is 12.4. The molecule has 0 aliphatic carbocycles. The zero-order chi connectivity index (χ0) is 19.1. The standard InChI is InChI=1S/C16H13ClF2N2O5/c1-24-12-6-9(2-4-11(12)26-16(18)19)15(23)25-8-14(22)21-13-5-3-10(17)7-20-13/h2-7,16H,8H2,1H3,(H,20,21,22). The number of anilines is 1. The molecular weight excluding hydrogens is 374 g/mol. The maximum atomic E-state index is 12.3. The Morgan fingerprint density at radius 1 is 1.23 bits per heavy atom. The molecule has 26 heavy (non-hydrogen) atoms. The van der Waals surface area contributed by atoms with E-state index in [0.717, 1.165) is 6.07 Å². The van der Waals surface area contributed by atoms with Gasteiger partial charge in [0.1, 0.15) is 5.82 Å². The molecule has 0 aliphatic heterocycles. The van der Waals surface area contributed by atoms with Gasteiger partial charge in [0.2, 0.25) is 0 Å². The second-order valence-corrected chi connectivity index (χ2v) is 5.17. The van der Waals surface area contributed by atoms with Crippen molar-refractivity contribution in [1.29, 1.82) is 0 Å². The molecule has 0 saturated carbocycles. The maximum Gasteiger partial charge on any atom is 0.387 e. The normalized spacial score (nSPS) is 10.3. The van der Waals surface area contributed by atoms with Crippen molar-refractivity contribution in [3.8, 4) is 11.5 Å². The smallest absolute Gasteiger partial charge is 0.387 e. The lowest BCUT2D eigenvalue weighted by Gasteiger charge is -2.11. The summed E-state index contributed by atoms with van der Waals surface area (Å²) in [6, 6.07) is 6.53. The molecule has 0 spiro atoms. The third-order valence-corrected chi connectivity index (χ3v) is 3.17. The predicted octanol–water partition coefficient (Wildman–Crippen LogP) is 3.14. The molecule has 0 bridgehead atoms. The molecule has 138 valence electrons. The van der Waals surface area contributed by atoms with Crippen LogP contribution in [0.2, 0.25) is 5.02 Å². The summed E-state index contributed by atoms with van der Waals surface area (Å²) in [7, 11) is 1.23. The van der Waals surface area contributed by atoms with Gasteiger partial charge >= 0.3 is 12.6 Å². The van der Waals surface area contributed by atoms with E-state index in [-0.39, 0.29) is 22.9 Å². The van der Waals surface area contributed by atoms with Crippen LogP contribution in [0.15, 0.2) is 36.5 Å². The maximum absolute atomic E-state index is 12.3. The van der Waals surface area contributed by atoms with Gasteiger partial charge in [0.25, 0.3) is 5.91 Å². The van der Waals surface area contributed by atoms with Crippen LogP contribution in [0, 0.1) is 0 Å². The number of nitrogens with zero attached hydrogens (tertiary/aromatic N) is 1. The van der Waals surface area contributed by atoms with Gasteiger partial charge in [-0.2, -0.15) is 8.78 Å². The molecule has 7 nitrogen and oxygen atoms in total. The number of nitrogens with one attached hydrogen (secondary N) is 1. The number of pyridine rings is 1. The number of carbonyl (C=O) groups excluding carboxylic acids is 2. The molecule has 1 amide bonds. The number of esters is 1. The Hall–Kier alpha value is -2.94. The number of amides is 1. The minimum absolute atomic E-state index is 0.000819. The van der Waals surface area contributed by atoms with Crippen LogP contribution in [0.3, 0.4) is 0 Å². The number of rotatable bonds is 7. The molecule has 0 fully saturated rings. The number of methoxy groups -OCH3 is 1. The average Bonchev–Trinajstić information content (AvgIpc) is 2.61. The first-order valence-corrected chi connectivity index (χ1v) is 7.48. The van der Waals surface area contributed by atoms with Crippen LogP contribution in [0.5, 0.6) is 11.5 Å². The molecule has 2 aromatic rings. The van der Waals surface area contributed by atoms with Crippen molar-refractivity contribution in [1.82, 2.24) is 4.98 Å². The summed E-state index contributed by atoms with van der Waals surface area (Å²) in [4.78, 5) is 27.6. The molecule has 0 unspecified atom stereocenters. The van der Waals surface area contributed by atoms with Crippen LogP contribution in [0.25, 0.3) is 0 Å². The lowest BCUT2D eigenvalue weighted by molar-refractivity contribution is -0.119. The first-order valence-electron chi connectivity index (χ1n) is 7.10. The van der Waals surface area contributed by atoms with Gasteiger partial charge in [-0.3, -0.25) is 4.79 Å². The third kappa shape index (κ3) is 5.55. The van der Waals surface area contributed by atoms with Crippen LogP contribution < -0.4 is 14.8 Å². The van der Waals surface area contributed by atoms with Crippen molar-refractivity contribution in [2.75, 3.05) is 19.0 Å². The van der Waals surface area contributed by atoms with E-state index < -0.39 is 25.1 Å². The first kappa shape index (κ1) is 19.4. The second kappa shape index (κ2) is 8.95. The van der Waals surface area contributed by atoms with Crippen LogP contribution in [-0.4, -0.2) is 37.2 Å². The summed E-state index contributed by atoms with van der Waals surface area (Å²) in [5, 5.41) is 2.82. The minimum Gasteiger partial charge on any atom is -0.493 e. The summed E-state index contributed by atoms with van der Waals surface area (Å²) >= 11 is 5.68. The quantitative estimate of drug-likeness (QED) is 0.736. The van der Waals surface area contributed by atoms with Gasteiger partial charge in [0.05, 0.1) is 17.7 Å². The molecule has 1 aromatic heterocycles. The van der Waals surface area contributed by atoms with Crippen molar-refractivity contribution in [3.63, 3.8) is 0 Å². The number of carbonyl (C=O) groups is 2. The van der Waals surface area contributed by atoms with Crippen LogP contribution in [0.4, 0.5) is 14.6 Å². The lowest BCUT2D eigenvalue weighted by atomic mass is 10.2. The Balaban J connectivity index is 1.94. The summed E-state index contributed by atoms with van der Waals surface area (Å²) in [5.41, 5.74) is 0.000819. The molecular formula is C16H13ClF2N2O5. The number of halogens is 3. The second-order valence-electron chi connectivity index (χ2n) is 4.73. The Morgan fingerprint density at radius 3 is 2.62 bits per heavy atom. The molecule has 2 rings (SSSR count). The van der Waals surface area contributed by atoms with Gasteiger partial charge in [0.15, 0.2) is 18.1 Å². The molecule has 0 saturated heterocycles. The highest BCUT2D eigenvalue weighted by molar-refractivity contribution is 6.30. The van der Waals surface area contributed by atoms with Crippen molar-refractivity contribution >= 4 is 29.3 Å². The third-order valence-electron chi connectivity index (χ3n) is 2.94. The number of benzene rings is 1. The summed E-state index contributed by atoms with van der Waals surface area (Å²) in [6.45, 7) is -3.60. The van der Waals surface area contributed by atoms with E-state index in [4.69, 9.17) is 21.1 Å².